The summed E-state index contributed by atoms with van der Waals surface area (Å²) in [6, 6.07) is 5.21. The van der Waals surface area contributed by atoms with Crippen molar-refractivity contribution in [3.8, 4) is 11.5 Å². The molecule has 1 aromatic carbocycles. The maximum atomic E-state index is 13.4. The number of methoxy groups -OCH3 is 2. The summed E-state index contributed by atoms with van der Waals surface area (Å²) in [6.07, 6.45) is 1.81. The molecule has 3 aromatic rings. The zero-order valence-electron chi connectivity index (χ0n) is 15.7. The number of hydrogen-bond acceptors (Lipinski definition) is 7. The topological polar surface area (TPSA) is 60.9 Å². The van der Waals surface area contributed by atoms with Crippen LogP contribution in [0.2, 0.25) is 8.67 Å². The zero-order valence-corrected chi connectivity index (χ0v) is 18.9. The van der Waals surface area contributed by atoms with Crippen molar-refractivity contribution in [2.24, 2.45) is 0 Å². The summed E-state index contributed by atoms with van der Waals surface area (Å²) in [6.45, 7) is 1.08. The molecule has 0 radical (unpaired) electrons. The first-order valence-corrected chi connectivity index (χ1v) is 11.3. The second-order valence-electron chi connectivity index (χ2n) is 6.43. The number of aromatic nitrogens is 1. The van der Waals surface area contributed by atoms with Crippen molar-refractivity contribution in [3.05, 3.63) is 32.4 Å². The summed E-state index contributed by atoms with van der Waals surface area (Å²) >= 11 is 14.9. The Morgan fingerprint density at radius 1 is 1.28 bits per heavy atom. The Bertz CT molecular complexity index is 1010. The molecular weight excluding hydrogens is 455 g/mol. The molecule has 1 unspecified atom stereocenters. The van der Waals surface area contributed by atoms with Gasteiger partial charge < -0.3 is 14.2 Å². The molecule has 0 saturated carbocycles. The first-order chi connectivity index (χ1) is 14.0. The number of carbonyl (C=O) groups excluding carboxylic acids is 1. The standard InChI is InChI=1S/C19H18Cl2N2O4S2/c1-25-12-5-6-13(26-2)16-15(12)22-19(29-16)23(9-10-4-3-7-27-10)18(24)11-8-14(20)28-17(11)21/h5-6,8,10H,3-4,7,9H2,1-2H3. The Morgan fingerprint density at radius 3 is 2.66 bits per heavy atom. The van der Waals surface area contributed by atoms with Crippen LogP contribution in [0, 0.1) is 0 Å². The highest BCUT2D eigenvalue weighted by Gasteiger charge is 2.30. The van der Waals surface area contributed by atoms with Gasteiger partial charge in [0.15, 0.2) is 5.13 Å². The molecule has 154 valence electrons. The number of hydrogen-bond donors (Lipinski definition) is 0. The molecule has 1 atom stereocenters. The van der Waals surface area contributed by atoms with Crippen molar-refractivity contribution in [3.63, 3.8) is 0 Å². The van der Waals surface area contributed by atoms with Gasteiger partial charge in [-0.15, -0.1) is 11.3 Å². The number of nitrogens with zero attached hydrogens (tertiary/aromatic N) is 2. The summed E-state index contributed by atoms with van der Waals surface area (Å²) in [4.78, 5) is 19.7. The number of thiophene rings is 1. The van der Waals surface area contributed by atoms with Crippen LogP contribution in [-0.2, 0) is 4.74 Å². The average molecular weight is 473 g/mol. The van der Waals surface area contributed by atoms with Gasteiger partial charge >= 0.3 is 0 Å². The predicted octanol–water partition coefficient (Wildman–Crippen LogP) is 5.51. The minimum absolute atomic E-state index is 0.0531. The van der Waals surface area contributed by atoms with Crippen molar-refractivity contribution >= 4 is 67.1 Å². The van der Waals surface area contributed by atoms with E-state index in [2.05, 4.69) is 0 Å². The van der Waals surface area contributed by atoms with Gasteiger partial charge in [0.25, 0.3) is 5.91 Å². The number of benzene rings is 1. The summed E-state index contributed by atoms with van der Waals surface area (Å²) in [5.74, 6) is 1.03. The molecule has 1 fully saturated rings. The first kappa shape index (κ1) is 20.7. The lowest BCUT2D eigenvalue weighted by Gasteiger charge is -2.22. The fourth-order valence-electron chi connectivity index (χ4n) is 3.26. The second-order valence-corrected chi connectivity index (χ2v) is 9.70. The van der Waals surface area contributed by atoms with Gasteiger partial charge in [-0.05, 0) is 31.0 Å². The van der Waals surface area contributed by atoms with E-state index in [-0.39, 0.29) is 12.0 Å². The molecule has 4 rings (SSSR count). The van der Waals surface area contributed by atoms with E-state index < -0.39 is 0 Å². The fourth-order valence-corrected chi connectivity index (χ4v) is 5.79. The molecule has 10 heteroatoms. The van der Waals surface area contributed by atoms with Crippen molar-refractivity contribution in [1.82, 2.24) is 4.98 Å². The summed E-state index contributed by atoms with van der Waals surface area (Å²) < 4.78 is 18.3. The minimum Gasteiger partial charge on any atom is -0.495 e. The van der Waals surface area contributed by atoms with E-state index in [0.29, 0.717) is 49.5 Å². The van der Waals surface area contributed by atoms with Gasteiger partial charge in [-0.1, -0.05) is 34.5 Å². The number of thiazole rings is 1. The smallest absolute Gasteiger partial charge is 0.262 e. The molecule has 0 spiro atoms. The van der Waals surface area contributed by atoms with Gasteiger partial charge in [0.05, 0.1) is 36.8 Å². The summed E-state index contributed by atoms with van der Waals surface area (Å²) in [5, 5.41) is 0.529. The van der Waals surface area contributed by atoms with Crippen LogP contribution in [0.1, 0.15) is 23.2 Å². The Labute approximate surface area is 185 Å². The molecule has 1 amide bonds. The highest BCUT2D eigenvalue weighted by Crippen LogP contribution is 2.41. The molecule has 0 aliphatic carbocycles. The summed E-state index contributed by atoms with van der Waals surface area (Å²) in [7, 11) is 3.19. The van der Waals surface area contributed by atoms with E-state index in [9.17, 15) is 4.79 Å². The number of rotatable bonds is 6. The maximum Gasteiger partial charge on any atom is 0.262 e. The van der Waals surface area contributed by atoms with Crippen LogP contribution in [0.15, 0.2) is 18.2 Å². The molecule has 0 bridgehead atoms. The van der Waals surface area contributed by atoms with Gasteiger partial charge in [-0.25, -0.2) is 4.98 Å². The van der Waals surface area contributed by atoms with E-state index in [0.717, 1.165) is 17.5 Å². The predicted molar refractivity (Wildman–Crippen MR) is 118 cm³/mol. The Morgan fingerprint density at radius 2 is 2.03 bits per heavy atom. The third-order valence-electron chi connectivity index (χ3n) is 4.67. The lowest BCUT2D eigenvalue weighted by molar-refractivity contribution is 0.0918. The van der Waals surface area contributed by atoms with Crippen LogP contribution in [0.3, 0.4) is 0 Å². The molecule has 1 aliphatic heterocycles. The van der Waals surface area contributed by atoms with E-state index >= 15 is 0 Å². The Balaban J connectivity index is 1.80. The number of ether oxygens (including phenoxy) is 3. The molecule has 2 aromatic heterocycles. The van der Waals surface area contributed by atoms with Crippen molar-refractivity contribution in [2.75, 3.05) is 32.3 Å². The van der Waals surface area contributed by atoms with Crippen LogP contribution >= 0.6 is 45.9 Å². The fraction of sp³-hybridized carbons (Fsp3) is 0.368. The van der Waals surface area contributed by atoms with Crippen LogP contribution in [0.25, 0.3) is 10.2 Å². The van der Waals surface area contributed by atoms with E-state index in [1.54, 1.807) is 31.3 Å². The normalized spacial score (nSPS) is 16.3. The number of carbonyl (C=O) groups is 1. The van der Waals surface area contributed by atoms with Gasteiger partial charge in [-0.2, -0.15) is 0 Å². The molecule has 29 heavy (non-hydrogen) atoms. The first-order valence-electron chi connectivity index (χ1n) is 8.91. The zero-order chi connectivity index (χ0) is 20.5. The van der Waals surface area contributed by atoms with Gasteiger partial charge in [0.2, 0.25) is 0 Å². The monoisotopic (exact) mass is 472 g/mol. The summed E-state index contributed by atoms with van der Waals surface area (Å²) in [5.41, 5.74) is 1.00. The van der Waals surface area contributed by atoms with Crippen LogP contribution in [-0.4, -0.2) is 44.4 Å². The van der Waals surface area contributed by atoms with Crippen LogP contribution < -0.4 is 14.4 Å². The van der Waals surface area contributed by atoms with E-state index in [1.807, 2.05) is 6.07 Å². The number of halogens is 2. The Kier molecular flexibility index (Phi) is 6.17. The van der Waals surface area contributed by atoms with Crippen LogP contribution in [0.4, 0.5) is 5.13 Å². The molecule has 3 heterocycles. The number of fused-ring (bicyclic) bond motifs is 1. The van der Waals surface area contributed by atoms with Gasteiger partial charge in [0, 0.05) is 6.61 Å². The number of anilines is 1. The molecular formula is C19H18Cl2N2O4S2. The highest BCUT2D eigenvalue weighted by atomic mass is 35.5. The second kappa shape index (κ2) is 8.65. The molecule has 6 nitrogen and oxygen atoms in total. The molecule has 1 aliphatic rings. The van der Waals surface area contributed by atoms with E-state index in [4.69, 9.17) is 42.4 Å². The van der Waals surface area contributed by atoms with Gasteiger partial charge in [0.1, 0.15) is 26.1 Å². The Hall–Kier alpha value is -1.58. The van der Waals surface area contributed by atoms with Crippen molar-refractivity contribution in [2.45, 2.75) is 18.9 Å². The van der Waals surface area contributed by atoms with Gasteiger partial charge in [-0.3, -0.25) is 9.69 Å². The molecule has 1 saturated heterocycles. The minimum atomic E-state index is -0.259. The van der Waals surface area contributed by atoms with E-state index in [1.165, 1.54) is 22.7 Å². The largest absolute Gasteiger partial charge is 0.495 e. The number of amides is 1. The van der Waals surface area contributed by atoms with Crippen molar-refractivity contribution in [1.29, 1.82) is 0 Å². The molecule has 0 N–H and O–H groups in total. The highest BCUT2D eigenvalue weighted by molar-refractivity contribution is 7.23. The average Bonchev–Trinajstić information content (AvgIpc) is 3.44. The third-order valence-corrected chi connectivity index (χ3v) is 7.25. The maximum absolute atomic E-state index is 13.4. The SMILES string of the molecule is COc1ccc(OC)c2sc(N(CC3CCCO3)C(=O)c3cc(Cl)sc3Cl)nc12. The lowest BCUT2D eigenvalue weighted by Crippen LogP contribution is -2.37. The van der Waals surface area contributed by atoms with Crippen LogP contribution in [0.5, 0.6) is 11.5 Å². The third kappa shape index (κ3) is 4.04. The quantitative estimate of drug-likeness (QED) is 0.473. The lowest BCUT2D eigenvalue weighted by atomic mass is 10.2. The van der Waals surface area contributed by atoms with Crippen molar-refractivity contribution < 1.29 is 19.0 Å².